The van der Waals surface area contributed by atoms with Crippen molar-refractivity contribution in [3.63, 3.8) is 0 Å². The third-order valence-corrected chi connectivity index (χ3v) is 5.11. The monoisotopic (exact) mass is 382 g/mol. The Kier molecular flexibility index (Phi) is 7.06. The molecule has 1 fully saturated rings. The SMILES string of the molecule is Cc1cc(C)cc(OC[C@@H](O)CN2CCC(C(=O)Nc3ccccc3)CC2)c1. The molecule has 1 atom stereocenters. The number of piperidine rings is 1. The van der Waals surface area contributed by atoms with E-state index < -0.39 is 6.10 Å². The number of benzene rings is 2. The van der Waals surface area contributed by atoms with Crippen molar-refractivity contribution in [3.05, 3.63) is 59.7 Å². The van der Waals surface area contributed by atoms with E-state index >= 15 is 0 Å². The number of aliphatic hydroxyl groups excluding tert-OH is 1. The van der Waals surface area contributed by atoms with Crippen LogP contribution in [-0.4, -0.2) is 48.3 Å². The smallest absolute Gasteiger partial charge is 0.227 e. The quantitative estimate of drug-likeness (QED) is 0.771. The van der Waals surface area contributed by atoms with E-state index in [1.54, 1.807) is 0 Å². The molecule has 5 heteroatoms. The highest BCUT2D eigenvalue weighted by Gasteiger charge is 2.26. The van der Waals surface area contributed by atoms with E-state index in [-0.39, 0.29) is 18.4 Å². The summed E-state index contributed by atoms with van der Waals surface area (Å²) in [6.07, 6.45) is 1.07. The summed E-state index contributed by atoms with van der Waals surface area (Å²) in [5.74, 6) is 0.914. The van der Waals surface area contributed by atoms with Crippen LogP contribution >= 0.6 is 0 Å². The summed E-state index contributed by atoms with van der Waals surface area (Å²) in [7, 11) is 0. The molecular weight excluding hydrogens is 352 g/mol. The minimum absolute atomic E-state index is 0.0279. The number of β-amino-alcohol motifs (C(OH)–C–C–N with tert-alkyl or cyclic N) is 1. The molecule has 5 nitrogen and oxygen atoms in total. The molecular formula is C23H30N2O3. The average Bonchev–Trinajstić information content (AvgIpc) is 2.67. The fourth-order valence-corrected chi connectivity index (χ4v) is 3.70. The van der Waals surface area contributed by atoms with Crippen molar-refractivity contribution in [2.45, 2.75) is 32.8 Å². The van der Waals surface area contributed by atoms with Crippen LogP contribution in [0, 0.1) is 19.8 Å². The maximum atomic E-state index is 12.4. The molecule has 0 aromatic heterocycles. The Morgan fingerprint density at radius 3 is 2.43 bits per heavy atom. The minimum atomic E-state index is -0.546. The zero-order valence-corrected chi connectivity index (χ0v) is 16.7. The van der Waals surface area contributed by atoms with Crippen LogP contribution in [0.3, 0.4) is 0 Å². The highest BCUT2D eigenvalue weighted by molar-refractivity contribution is 5.92. The van der Waals surface area contributed by atoms with Crippen LogP contribution < -0.4 is 10.1 Å². The molecule has 2 N–H and O–H groups in total. The Morgan fingerprint density at radius 1 is 1.14 bits per heavy atom. The first-order valence-electron chi connectivity index (χ1n) is 9.97. The van der Waals surface area contributed by atoms with Crippen LogP contribution in [-0.2, 0) is 4.79 Å². The number of nitrogens with zero attached hydrogens (tertiary/aromatic N) is 1. The summed E-state index contributed by atoms with van der Waals surface area (Å²) in [5, 5.41) is 13.3. The molecule has 0 radical (unpaired) electrons. The number of likely N-dealkylation sites (tertiary alicyclic amines) is 1. The van der Waals surface area contributed by atoms with E-state index in [1.165, 1.54) is 0 Å². The number of hydrogen-bond acceptors (Lipinski definition) is 4. The van der Waals surface area contributed by atoms with Crippen LogP contribution in [0.1, 0.15) is 24.0 Å². The number of ether oxygens (including phenoxy) is 1. The van der Waals surface area contributed by atoms with Gasteiger partial charge in [-0.2, -0.15) is 0 Å². The molecule has 0 aliphatic carbocycles. The van der Waals surface area contributed by atoms with Gasteiger partial charge in [-0.3, -0.25) is 4.79 Å². The topological polar surface area (TPSA) is 61.8 Å². The summed E-state index contributed by atoms with van der Waals surface area (Å²) in [4.78, 5) is 14.6. The number of para-hydroxylation sites is 1. The van der Waals surface area contributed by atoms with Gasteiger partial charge >= 0.3 is 0 Å². The number of rotatable bonds is 7. The number of nitrogens with one attached hydrogen (secondary N) is 1. The van der Waals surface area contributed by atoms with Crippen molar-refractivity contribution >= 4 is 11.6 Å². The predicted molar refractivity (Wildman–Crippen MR) is 112 cm³/mol. The molecule has 28 heavy (non-hydrogen) atoms. The fourth-order valence-electron chi connectivity index (χ4n) is 3.70. The molecule has 2 aromatic carbocycles. The van der Waals surface area contributed by atoms with Gasteiger partial charge in [0.2, 0.25) is 5.91 Å². The van der Waals surface area contributed by atoms with Gasteiger partial charge in [0.1, 0.15) is 18.5 Å². The number of aliphatic hydroxyl groups is 1. The largest absolute Gasteiger partial charge is 0.491 e. The molecule has 0 unspecified atom stereocenters. The van der Waals surface area contributed by atoms with Crippen molar-refractivity contribution in [1.29, 1.82) is 0 Å². The molecule has 3 rings (SSSR count). The molecule has 0 bridgehead atoms. The van der Waals surface area contributed by atoms with Crippen molar-refractivity contribution < 1.29 is 14.6 Å². The second kappa shape index (κ2) is 9.71. The van der Waals surface area contributed by atoms with Crippen LogP contribution in [0.4, 0.5) is 5.69 Å². The van der Waals surface area contributed by atoms with Gasteiger partial charge in [0.25, 0.3) is 0 Å². The Balaban J connectivity index is 1.39. The fraction of sp³-hybridized carbons (Fsp3) is 0.435. The molecule has 1 saturated heterocycles. The molecule has 0 saturated carbocycles. The van der Waals surface area contributed by atoms with Gasteiger partial charge in [0.05, 0.1) is 0 Å². The summed E-state index contributed by atoms with van der Waals surface area (Å²) in [5.41, 5.74) is 3.15. The number of anilines is 1. The number of carbonyl (C=O) groups excluding carboxylic acids is 1. The zero-order chi connectivity index (χ0) is 19.9. The van der Waals surface area contributed by atoms with Crippen LogP contribution in [0.25, 0.3) is 0 Å². The lowest BCUT2D eigenvalue weighted by Crippen LogP contribution is -2.42. The first-order valence-corrected chi connectivity index (χ1v) is 9.97. The Hall–Kier alpha value is -2.37. The van der Waals surface area contributed by atoms with Crippen molar-refractivity contribution in [2.24, 2.45) is 5.92 Å². The Bertz CT molecular complexity index is 750. The lowest BCUT2D eigenvalue weighted by molar-refractivity contribution is -0.121. The summed E-state index contributed by atoms with van der Waals surface area (Å²) in [6.45, 7) is 6.54. The van der Waals surface area contributed by atoms with E-state index in [4.69, 9.17) is 4.74 Å². The van der Waals surface area contributed by atoms with E-state index in [0.717, 1.165) is 48.5 Å². The average molecular weight is 383 g/mol. The minimum Gasteiger partial charge on any atom is -0.491 e. The Morgan fingerprint density at radius 2 is 1.79 bits per heavy atom. The van der Waals surface area contributed by atoms with Gasteiger partial charge in [0.15, 0.2) is 0 Å². The van der Waals surface area contributed by atoms with Crippen LogP contribution in [0.2, 0.25) is 0 Å². The summed E-state index contributed by atoms with van der Waals surface area (Å²) >= 11 is 0. The van der Waals surface area contributed by atoms with Gasteiger partial charge < -0.3 is 20.1 Å². The van der Waals surface area contributed by atoms with E-state index in [0.29, 0.717) is 6.54 Å². The summed E-state index contributed by atoms with van der Waals surface area (Å²) in [6, 6.07) is 15.6. The third kappa shape index (κ3) is 6.08. The van der Waals surface area contributed by atoms with E-state index in [2.05, 4.69) is 16.3 Å². The molecule has 1 aliphatic heterocycles. The first-order chi connectivity index (χ1) is 13.5. The maximum Gasteiger partial charge on any atom is 0.227 e. The van der Waals surface area contributed by atoms with Gasteiger partial charge in [-0.05, 0) is 75.2 Å². The molecule has 1 heterocycles. The van der Waals surface area contributed by atoms with Gasteiger partial charge in [-0.15, -0.1) is 0 Å². The number of hydrogen-bond donors (Lipinski definition) is 2. The van der Waals surface area contributed by atoms with E-state index in [1.807, 2.05) is 56.3 Å². The molecule has 2 aromatic rings. The maximum absolute atomic E-state index is 12.4. The highest BCUT2D eigenvalue weighted by atomic mass is 16.5. The molecule has 150 valence electrons. The van der Waals surface area contributed by atoms with Gasteiger partial charge in [0, 0.05) is 18.2 Å². The first kappa shape index (κ1) is 20.4. The number of carbonyl (C=O) groups is 1. The lowest BCUT2D eigenvalue weighted by Gasteiger charge is -2.32. The van der Waals surface area contributed by atoms with Crippen LogP contribution in [0.15, 0.2) is 48.5 Å². The van der Waals surface area contributed by atoms with Crippen molar-refractivity contribution in [2.75, 3.05) is 31.6 Å². The second-order valence-electron chi connectivity index (χ2n) is 7.72. The van der Waals surface area contributed by atoms with Crippen molar-refractivity contribution in [3.8, 4) is 5.75 Å². The van der Waals surface area contributed by atoms with Crippen LogP contribution in [0.5, 0.6) is 5.75 Å². The zero-order valence-electron chi connectivity index (χ0n) is 16.7. The molecule has 1 amide bonds. The third-order valence-electron chi connectivity index (χ3n) is 5.11. The van der Waals surface area contributed by atoms with Crippen molar-refractivity contribution in [1.82, 2.24) is 4.90 Å². The van der Waals surface area contributed by atoms with E-state index in [9.17, 15) is 9.90 Å². The van der Waals surface area contributed by atoms with Gasteiger partial charge in [-0.25, -0.2) is 0 Å². The summed E-state index contributed by atoms with van der Waals surface area (Å²) < 4.78 is 5.76. The lowest BCUT2D eigenvalue weighted by atomic mass is 9.95. The van der Waals surface area contributed by atoms with Gasteiger partial charge in [-0.1, -0.05) is 24.3 Å². The second-order valence-corrected chi connectivity index (χ2v) is 7.72. The molecule has 0 spiro atoms. The molecule has 1 aliphatic rings. The highest BCUT2D eigenvalue weighted by Crippen LogP contribution is 2.20. The standard InChI is InChI=1S/C23H30N2O3/c1-17-12-18(2)14-22(13-17)28-16-21(26)15-25-10-8-19(9-11-25)23(27)24-20-6-4-3-5-7-20/h3-7,12-14,19,21,26H,8-11,15-16H2,1-2H3,(H,24,27)/t21-/m0/s1. The normalized spacial score (nSPS) is 16.5. The number of amides is 1. The Labute approximate surface area is 167 Å². The number of aryl methyl sites for hydroxylation is 2. The predicted octanol–water partition coefficient (Wildman–Crippen LogP) is 3.39.